The maximum absolute atomic E-state index is 15.4. The van der Waals surface area contributed by atoms with Gasteiger partial charge in [-0.2, -0.15) is 10.4 Å². The highest BCUT2D eigenvalue weighted by molar-refractivity contribution is 6.00. The second-order valence-corrected chi connectivity index (χ2v) is 11.6. The van der Waals surface area contributed by atoms with Crippen molar-refractivity contribution in [2.24, 2.45) is 5.73 Å². The highest BCUT2D eigenvalue weighted by Crippen LogP contribution is 2.45. The van der Waals surface area contributed by atoms with Crippen molar-refractivity contribution < 1.29 is 41.7 Å². The number of nitrogens with zero attached hydrogens (tertiary/aromatic N) is 4. The van der Waals surface area contributed by atoms with Gasteiger partial charge in [-0.15, -0.1) is 0 Å². The molecule has 256 valence electrons. The van der Waals surface area contributed by atoms with Crippen molar-refractivity contribution in [2.45, 2.75) is 31.2 Å². The zero-order valence-corrected chi connectivity index (χ0v) is 26.6. The molecule has 5 aromatic rings. The van der Waals surface area contributed by atoms with Gasteiger partial charge in [-0.1, -0.05) is 12.1 Å². The number of methoxy groups -OCH3 is 1. The van der Waals surface area contributed by atoms with Gasteiger partial charge in [-0.25, -0.2) is 27.2 Å². The van der Waals surface area contributed by atoms with E-state index in [0.717, 1.165) is 18.2 Å². The Balaban J connectivity index is 1.47. The molecule has 0 saturated heterocycles. The summed E-state index contributed by atoms with van der Waals surface area (Å²) in [6.45, 7) is 0.777. The first kappa shape index (κ1) is 33.9. The van der Waals surface area contributed by atoms with E-state index in [-0.39, 0.29) is 29.2 Å². The number of carbonyl (C=O) groups is 2. The SMILES string of the molecule is CCOc1c(C(N)=O)cc(C(O)(CNC(=O)c2cc(OC)c3nn(C4(F)CC4)cc3c2)c2cccc(F)c2)nc1-c1cc(F)c(C#N)cc1F. The minimum absolute atomic E-state index is 0.0347. The molecule has 0 spiro atoms. The molecule has 1 saturated carbocycles. The standard InChI is InChI=1S/C35H28F4N6O5/c1-3-50-31-24(32(41)46)14-28(43-30(31)23-13-25(37)19(15-40)10-26(23)38)35(48,21-5-4-6-22(36)12-21)17-42-33(47)18-9-20-16-45(34(39)7-8-34)44-29(20)27(11-18)49-2/h4-6,9-14,16,48H,3,7-8,17H2,1-2H3,(H2,41,46)(H,42,47). The molecule has 1 atom stereocenters. The van der Waals surface area contributed by atoms with E-state index in [9.17, 15) is 33.1 Å². The number of benzene rings is 3. The lowest BCUT2D eigenvalue weighted by atomic mass is 9.87. The van der Waals surface area contributed by atoms with Crippen LogP contribution in [0.1, 0.15) is 57.3 Å². The summed E-state index contributed by atoms with van der Waals surface area (Å²) in [4.78, 5) is 30.7. The van der Waals surface area contributed by atoms with E-state index < -0.39 is 75.3 Å². The van der Waals surface area contributed by atoms with Crippen molar-refractivity contribution in [3.05, 3.63) is 106 Å². The van der Waals surface area contributed by atoms with Gasteiger partial charge in [0.15, 0.2) is 5.75 Å². The van der Waals surface area contributed by atoms with Crippen LogP contribution in [-0.4, -0.2) is 51.9 Å². The van der Waals surface area contributed by atoms with E-state index in [1.807, 2.05) is 0 Å². The van der Waals surface area contributed by atoms with Crippen molar-refractivity contribution in [1.82, 2.24) is 20.1 Å². The number of amides is 2. The van der Waals surface area contributed by atoms with Crippen LogP contribution in [0.15, 0.2) is 60.8 Å². The van der Waals surface area contributed by atoms with Crippen LogP contribution >= 0.6 is 0 Å². The third-order valence-electron chi connectivity index (χ3n) is 8.32. The molecule has 15 heteroatoms. The number of carbonyl (C=O) groups excluding carboxylic acids is 2. The van der Waals surface area contributed by atoms with E-state index in [1.165, 1.54) is 48.3 Å². The average molecular weight is 689 g/mol. The summed E-state index contributed by atoms with van der Waals surface area (Å²) >= 11 is 0. The monoisotopic (exact) mass is 688 g/mol. The van der Waals surface area contributed by atoms with Gasteiger partial charge in [-0.05, 0) is 55.0 Å². The number of hydrogen-bond acceptors (Lipinski definition) is 8. The number of aromatic nitrogens is 3. The molecule has 2 amide bonds. The second kappa shape index (κ2) is 12.8. The zero-order chi connectivity index (χ0) is 36.0. The minimum atomic E-state index is -2.44. The summed E-state index contributed by atoms with van der Waals surface area (Å²) in [6, 6.07) is 11.4. The van der Waals surface area contributed by atoms with Crippen LogP contribution in [0.2, 0.25) is 0 Å². The number of nitrogens with one attached hydrogen (secondary N) is 1. The van der Waals surface area contributed by atoms with Gasteiger partial charge >= 0.3 is 0 Å². The number of rotatable bonds is 11. The highest BCUT2D eigenvalue weighted by Gasteiger charge is 2.46. The van der Waals surface area contributed by atoms with Crippen LogP contribution in [0.4, 0.5) is 17.6 Å². The Kier molecular flexibility index (Phi) is 8.66. The molecule has 1 aliphatic rings. The lowest BCUT2D eigenvalue weighted by Crippen LogP contribution is -2.42. The molecule has 1 aliphatic carbocycles. The Hall–Kier alpha value is -6.01. The largest absolute Gasteiger partial charge is 0.494 e. The molecule has 0 bridgehead atoms. The van der Waals surface area contributed by atoms with Gasteiger partial charge in [0, 0.05) is 35.6 Å². The first-order chi connectivity index (χ1) is 23.8. The van der Waals surface area contributed by atoms with Crippen LogP contribution in [0, 0.1) is 28.8 Å². The molecular weight excluding hydrogens is 660 g/mol. The lowest BCUT2D eigenvalue weighted by Gasteiger charge is -2.30. The molecule has 6 rings (SSSR count). The third-order valence-corrected chi connectivity index (χ3v) is 8.32. The molecule has 2 heterocycles. The van der Waals surface area contributed by atoms with Crippen molar-refractivity contribution in [2.75, 3.05) is 20.3 Å². The number of hydrogen-bond donors (Lipinski definition) is 3. The fourth-order valence-corrected chi connectivity index (χ4v) is 5.54. The number of nitriles is 1. The van der Waals surface area contributed by atoms with Crippen molar-refractivity contribution >= 4 is 22.7 Å². The minimum Gasteiger partial charge on any atom is -0.494 e. The van der Waals surface area contributed by atoms with Gasteiger partial charge in [0.2, 0.25) is 5.79 Å². The number of ether oxygens (including phenoxy) is 2. The first-order valence-electron chi connectivity index (χ1n) is 15.2. The molecule has 4 N–H and O–H groups in total. The Morgan fingerprint density at radius 3 is 2.54 bits per heavy atom. The van der Waals surface area contributed by atoms with Gasteiger partial charge in [0.05, 0.1) is 37.1 Å². The molecule has 11 nitrogen and oxygen atoms in total. The normalized spacial score (nSPS) is 14.4. The number of fused-ring (bicyclic) bond motifs is 1. The molecule has 1 unspecified atom stereocenters. The predicted octanol–water partition coefficient (Wildman–Crippen LogP) is 4.98. The summed E-state index contributed by atoms with van der Waals surface area (Å²) < 4.78 is 71.8. The van der Waals surface area contributed by atoms with Gasteiger partial charge in [0.25, 0.3) is 11.8 Å². The lowest BCUT2D eigenvalue weighted by molar-refractivity contribution is 0.0663. The molecule has 0 radical (unpaired) electrons. The van der Waals surface area contributed by atoms with E-state index in [0.29, 0.717) is 35.9 Å². The molecule has 0 aliphatic heterocycles. The summed E-state index contributed by atoms with van der Waals surface area (Å²) in [7, 11) is 1.36. The Bertz CT molecular complexity index is 2230. The third kappa shape index (κ3) is 6.05. The Morgan fingerprint density at radius 1 is 1.14 bits per heavy atom. The smallest absolute Gasteiger partial charge is 0.252 e. The summed E-state index contributed by atoms with van der Waals surface area (Å²) in [5, 5.41) is 28.8. The Morgan fingerprint density at radius 2 is 1.90 bits per heavy atom. The fourth-order valence-electron chi connectivity index (χ4n) is 5.54. The number of pyridine rings is 1. The first-order valence-corrected chi connectivity index (χ1v) is 15.2. The summed E-state index contributed by atoms with van der Waals surface area (Å²) in [5.74, 6) is -6.63. The molecule has 2 aromatic heterocycles. The average Bonchev–Trinajstić information content (AvgIpc) is 3.69. The molecule has 50 heavy (non-hydrogen) atoms. The maximum atomic E-state index is 15.4. The molecular formula is C35H28F4N6O5. The second-order valence-electron chi connectivity index (χ2n) is 11.6. The summed E-state index contributed by atoms with van der Waals surface area (Å²) in [5.41, 5.74) is 1.02. The fraction of sp³-hybridized carbons (Fsp3) is 0.229. The van der Waals surface area contributed by atoms with Crippen LogP contribution in [0.25, 0.3) is 22.2 Å². The van der Waals surface area contributed by atoms with Crippen molar-refractivity contribution in [3.8, 4) is 28.8 Å². The highest BCUT2D eigenvalue weighted by atomic mass is 19.2. The van der Waals surface area contributed by atoms with E-state index in [4.69, 9.17) is 15.2 Å². The van der Waals surface area contributed by atoms with Crippen LogP contribution in [-0.2, 0) is 11.4 Å². The van der Waals surface area contributed by atoms with Gasteiger partial charge < -0.3 is 25.6 Å². The van der Waals surface area contributed by atoms with E-state index in [1.54, 1.807) is 6.92 Å². The topological polar surface area (TPSA) is 165 Å². The van der Waals surface area contributed by atoms with Crippen LogP contribution < -0.4 is 20.5 Å². The van der Waals surface area contributed by atoms with Crippen LogP contribution in [0.5, 0.6) is 11.5 Å². The maximum Gasteiger partial charge on any atom is 0.252 e. The molecule has 1 fully saturated rings. The number of halogens is 4. The van der Waals surface area contributed by atoms with Crippen molar-refractivity contribution in [1.29, 1.82) is 5.26 Å². The van der Waals surface area contributed by atoms with Crippen LogP contribution in [0.3, 0.4) is 0 Å². The molecule has 3 aromatic carbocycles. The van der Waals surface area contributed by atoms with Gasteiger partial charge in [-0.3, -0.25) is 9.59 Å². The predicted molar refractivity (Wildman–Crippen MR) is 170 cm³/mol. The number of primary amides is 1. The Labute approximate surface area is 281 Å². The van der Waals surface area contributed by atoms with E-state index in [2.05, 4.69) is 15.4 Å². The number of aliphatic hydroxyl groups is 1. The number of nitrogens with two attached hydrogens (primary N) is 1. The van der Waals surface area contributed by atoms with Gasteiger partial charge in [0.1, 0.15) is 46.1 Å². The van der Waals surface area contributed by atoms with Crippen molar-refractivity contribution in [3.63, 3.8) is 0 Å². The quantitative estimate of drug-likeness (QED) is 0.164. The number of alkyl halides is 1. The zero-order valence-electron chi connectivity index (χ0n) is 26.6. The van der Waals surface area contributed by atoms with E-state index >= 15 is 4.39 Å². The summed E-state index contributed by atoms with van der Waals surface area (Å²) in [6.07, 6.45) is 2.04.